The van der Waals surface area contributed by atoms with Gasteiger partial charge >= 0.3 is 6.03 Å². The van der Waals surface area contributed by atoms with Crippen LogP contribution >= 0.6 is 35.6 Å². The van der Waals surface area contributed by atoms with Gasteiger partial charge in [0.25, 0.3) is 0 Å². The lowest BCUT2D eigenvalue weighted by atomic mass is 10.1. The van der Waals surface area contributed by atoms with Crippen molar-refractivity contribution in [3.8, 4) is 0 Å². The predicted octanol–water partition coefficient (Wildman–Crippen LogP) is 2.13. The summed E-state index contributed by atoms with van der Waals surface area (Å²) < 4.78 is 0. The highest BCUT2D eigenvalue weighted by atomic mass is 127. The molecule has 1 fully saturated rings. The molecule has 1 heterocycles. The largest absolute Gasteiger partial charge is 0.357 e. The van der Waals surface area contributed by atoms with E-state index in [4.69, 9.17) is 11.6 Å². The van der Waals surface area contributed by atoms with Crippen LogP contribution in [0.3, 0.4) is 0 Å². The van der Waals surface area contributed by atoms with Crippen LogP contribution in [-0.2, 0) is 4.79 Å². The highest BCUT2D eigenvalue weighted by Crippen LogP contribution is 2.17. The first-order chi connectivity index (χ1) is 11.5. The first-order valence-corrected chi connectivity index (χ1v) is 8.27. The number of hydrogen-bond acceptors (Lipinski definition) is 3. The van der Waals surface area contributed by atoms with Crippen molar-refractivity contribution >= 4 is 53.5 Å². The zero-order valence-electron chi connectivity index (χ0n) is 14.2. The SMILES string of the molecule is CCNC(=NCCN1C(=O)CNC1=O)NC(C)c1cccc(Cl)c1.I. The van der Waals surface area contributed by atoms with Gasteiger partial charge in [0, 0.05) is 11.6 Å². The number of amides is 3. The zero-order valence-corrected chi connectivity index (χ0v) is 17.3. The summed E-state index contributed by atoms with van der Waals surface area (Å²) in [5.41, 5.74) is 1.04. The first-order valence-electron chi connectivity index (χ1n) is 7.89. The number of urea groups is 1. The van der Waals surface area contributed by atoms with Gasteiger partial charge in [-0.1, -0.05) is 23.7 Å². The highest BCUT2D eigenvalue weighted by Gasteiger charge is 2.27. The van der Waals surface area contributed by atoms with E-state index in [-0.39, 0.29) is 55.0 Å². The molecule has 138 valence electrons. The second kappa shape index (κ2) is 10.4. The van der Waals surface area contributed by atoms with Crippen molar-refractivity contribution in [3.05, 3.63) is 34.9 Å². The molecule has 0 bridgehead atoms. The molecule has 0 aromatic heterocycles. The molecule has 1 unspecified atom stereocenters. The monoisotopic (exact) mass is 479 g/mol. The second-order valence-electron chi connectivity index (χ2n) is 5.39. The van der Waals surface area contributed by atoms with Crippen LogP contribution < -0.4 is 16.0 Å². The molecule has 1 aromatic carbocycles. The van der Waals surface area contributed by atoms with Crippen molar-refractivity contribution in [2.75, 3.05) is 26.2 Å². The van der Waals surface area contributed by atoms with Crippen LogP contribution in [0.2, 0.25) is 5.02 Å². The van der Waals surface area contributed by atoms with Gasteiger partial charge in [0.1, 0.15) is 0 Å². The Labute approximate surface area is 169 Å². The quantitative estimate of drug-likeness (QED) is 0.253. The van der Waals surface area contributed by atoms with Crippen LogP contribution in [0.25, 0.3) is 0 Å². The Morgan fingerprint density at radius 1 is 1.44 bits per heavy atom. The maximum absolute atomic E-state index is 11.5. The average molecular weight is 480 g/mol. The number of nitrogens with one attached hydrogen (secondary N) is 3. The molecule has 0 radical (unpaired) electrons. The molecule has 25 heavy (non-hydrogen) atoms. The average Bonchev–Trinajstić information content (AvgIpc) is 2.86. The first kappa shape index (κ1) is 21.5. The van der Waals surface area contributed by atoms with E-state index >= 15 is 0 Å². The molecule has 0 aliphatic carbocycles. The summed E-state index contributed by atoms with van der Waals surface area (Å²) in [6.45, 7) is 5.34. The summed E-state index contributed by atoms with van der Waals surface area (Å²) >= 11 is 6.02. The van der Waals surface area contributed by atoms with Crippen LogP contribution in [0.15, 0.2) is 29.3 Å². The lowest BCUT2D eigenvalue weighted by Gasteiger charge is -2.19. The number of imide groups is 1. The molecule has 3 amide bonds. The van der Waals surface area contributed by atoms with E-state index in [0.29, 0.717) is 24.1 Å². The van der Waals surface area contributed by atoms with Crippen molar-refractivity contribution in [1.82, 2.24) is 20.9 Å². The summed E-state index contributed by atoms with van der Waals surface area (Å²) in [5.74, 6) is 0.400. The van der Waals surface area contributed by atoms with Gasteiger partial charge in [0.15, 0.2) is 5.96 Å². The van der Waals surface area contributed by atoms with Gasteiger partial charge in [0.2, 0.25) is 5.91 Å². The van der Waals surface area contributed by atoms with Gasteiger partial charge in [-0.05, 0) is 31.5 Å². The summed E-state index contributed by atoms with van der Waals surface area (Å²) in [7, 11) is 0. The molecule has 1 aliphatic rings. The number of carbonyl (C=O) groups is 2. The van der Waals surface area contributed by atoms with Gasteiger partial charge in [-0.2, -0.15) is 0 Å². The van der Waals surface area contributed by atoms with Gasteiger partial charge in [-0.15, -0.1) is 24.0 Å². The number of aliphatic imine (C=N–C) groups is 1. The summed E-state index contributed by atoms with van der Waals surface area (Å²) in [5, 5.41) is 9.60. The van der Waals surface area contributed by atoms with Crippen LogP contribution in [0.1, 0.15) is 25.5 Å². The molecule has 3 N–H and O–H groups in total. The minimum atomic E-state index is -0.361. The molecular formula is C16H23ClIN5O2. The van der Waals surface area contributed by atoms with E-state index in [0.717, 1.165) is 5.56 Å². The Morgan fingerprint density at radius 2 is 2.20 bits per heavy atom. The normalized spacial score (nSPS) is 15.5. The van der Waals surface area contributed by atoms with Gasteiger partial charge in [-0.25, -0.2) is 4.79 Å². The minimum Gasteiger partial charge on any atom is -0.357 e. The zero-order chi connectivity index (χ0) is 17.5. The molecule has 9 heteroatoms. The van der Waals surface area contributed by atoms with Gasteiger partial charge in [0.05, 0.1) is 25.7 Å². The number of rotatable bonds is 6. The van der Waals surface area contributed by atoms with E-state index in [9.17, 15) is 9.59 Å². The van der Waals surface area contributed by atoms with Crippen molar-refractivity contribution in [2.24, 2.45) is 4.99 Å². The number of carbonyl (C=O) groups excluding carboxylic acids is 2. The fourth-order valence-electron chi connectivity index (χ4n) is 2.33. The third-order valence-corrected chi connectivity index (χ3v) is 3.81. The van der Waals surface area contributed by atoms with E-state index in [1.54, 1.807) is 0 Å². The summed E-state index contributed by atoms with van der Waals surface area (Å²) in [6.07, 6.45) is 0. The predicted molar refractivity (Wildman–Crippen MR) is 110 cm³/mol. The summed E-state index contributed by atoms with van der Waals surface area (Å²) in [4.78, 5) is 28.6. The highest BCUT2D eigenvalue weighted by molar-refractivity contribution is 14.0. The molecule has 0 saturated carbocycles. The van der Waals surface area contributed by atoms with Crippen molar-refractivity contribution in [3.63, 3.8) is 0 Å². The van der Waals surface area contributed by atoms with E-state index in [2.05, 4.69) is 20.9 Å². The molecule has 1 saturated heterocycles. The molecule has 2 rings (SSSR count). The summed E-state index contributed by atoms with van der Waals surface area (Å²) in [6, 6.07) is 7.27. The molecular weight excluding hydrogens is 457 g/mol. The lowest BCUT2D eigenvalue weighted by molar-refractivity contribution is -0.124. The van der Waals surface area contributed by atoms with Crippen LogP contribution in [0.5, 0.6) is 0 Å². The molecule has 7 nitrogen and oxygen atoms in total. The third kappa shape index (κ3) is 6.35. The maximum Gasteiger partial charge on any atom is 0.324 e. The van der Waals surface area contributed by atoms with Crippen LogP contribution in [0.4, 0.5) is 4.79 Å². The topological polar surface area (TPSA) is 85.8 Å². The Balaban J connectivity index is 0.00000312. The van der Waals surface area contributed by atoms with E-state index in [1.165, 1.54) is 4.90 Å². The molecule has 1 aromatic rings. The smallest absolute Gasteiger partial charge is 0.324 e. The molecule has 0 spiro atoms. The Bertz CT molecular complexity index is 625. The van der Waals surface area contributed by atoms with Crippen molar-refractivity contribution in [1.29, 1.82) is 0 Å². The Morgan fingerprint density at radius 3 is 2.80 bits per heavy atom. The molecule has 1 atom stereocenters. The van der Waals surface area contributed by atoms with Crippen molar-refractivity contribution < 1.29 is 9.59 Å². The number of benzene rings is 1. The van der Waals surface area contributed by atoms with Crippen LogP contribution in [-0.4, -0.2) is 49.0 Å². The van der Waals surface area contributed by atoms with E-state index in [1.807, 2.05) is 38.1 Å². The number of hydrogen-bond donors (Lipinski definition) is 3. The Kier molecular flexibility index (Phi) is 8.98. The number of nitrogens with zero attached hydrogens (tertiary/aromatic N) is 2. The minimum absolute atomic E-state index is 0. The second-order valence-corrected chi connectivity index (χ2v) is 5.82. The van der Waals surface area contributed by atoms with Crippen molar-refractivity contribution in [2.45, 2.75) is 19.9 Å². The number of guanidine groups is 1. The van der Waals surface area contributed by atoms with Gasteiger partial charge < -0.3 is 16.0 Å². The van der Waals surface area contributed by atoms with E-state index < -0.39 is 0 Å². The molecule has 1 aliphatic heterocycles. The Hall–Kier alpha value is -1.55. The fourth-order valence-corrected chi connectivity index (χ4v) is 2.53. The van der Waals surface area contributed by atoms with Gasteiger partial charge in [-0.3, -0.25) is 14.7 Å². The lowest BCUT2D eigenvalue weighted by Crippen LogP contribution is -2.40. The third-order valence-electron chi connectivity index (χ3n) is 3.58. The standard InChI is InChI=1S/C16H22ClN5O2.HI/c1-3-18-15(19-7-8-22-14(23)10-20-16(22)24)21-11(2)12-5-4-6-13(17)9-12;/h4-6,9,11H,3,7-8,10H2,1-2H3,(H,20,24)(H2,18,19,21);1H. The number of halogens is 2. The maximum atomic E-state index is 11.5. The van der Waals surface area contributed by atoms with Crippen LogP contribution in [0, 0.1) is 0 Å². The fraction of sp³-hybridized carbons (Fsp3) is 0.438.